The van der Waals surface area contributed by atoms with Crippen LogP contribution in [-0.2, 0) is 0 Å². The van der Waals surface area contributed by atoms with Crippen LogP contribution in [0.15, 0.2) is 30.3 Å². The quantitative estimate of drug-likeness (QED) is 0.821. The molecule has 2 aromatic rings. The van der Waals surface area contributed by atoms with Gasteiger partial charge in [-0.1, -0.05) is 12.1 Å². The molecule has 0 radical (unpaired) electrons. The van der Waals surface area contributed by atoms with E-state index in [1.54, 1.807) is 6.07 Å². The number of hydrogen-bond donors (Lipinski definition) is 2. The van der Waals surface area contributed by atoms with E-state index in [9.17, 15) is 9.18 Å². The summed E-state index contributed by atoms with van der Waals surface area (Å²) >= 11 is 0. The molecule has 1 aromatic heterocycles. The molecule has 0 aliphatic rings. The molecule has 0 saturated heterocycles. The molecule has 0 atom stereocenters. The zero-order chi connectivity index (χ0) is 12.4. The average molecular weight is 233 g/mol. The molecule has 17 heavy (non-hydrogen) atoms. The zero-order valence-corrected chi connectivity index (χ0v) is 8.59. The molecule has 5 nitrogen and oxygen atoms in total. The lowest BCUT2D eigenvalue weighted by atomic mass is 10.2. The molecule has 0 aliphatic heterocycles. The maximum atomic E-state index is 13.0. The van der Waals surface area contributed by atoms with Crippen molar-refractivity contribution in [1.82, 2.24) is 9.97 Å². The first-order chi connectivity index (χ1) is 8.06. The Morgan fingerprint density at radius 2 is 2.06 bits per heavy atom. The van der Waals surface area contributed by atoms with Crippen molar-refractivity contribution in [3.63, 3.8) is 0 Å². The topological polar surface area (TPSA) is 89.1 Å². The standard InChI is InChI=1S/C11H8FN3O2/c12-7-3-1-2-6(4-7)10-14-8(11(16)17)5-9(13)15-10/h1-5H,(H,16,17)(H2,13,14,15). The number of nitrogen functional groups attached to an aromatic ring is 1. The van der Waals surface area contributed by atoms with Crippen molar-refractivity contribution in [1.29, 1.82) is 0 Å². The summed E-state index contributed by atoms with van der Waals surface area (Å²) in [5.41, 5.74) is 5.61. The lowest BCUT2D eigenvalue weighted by Gasteiger charge is -2.03. The fourth-order valence-electron chi connectivity index (χ4n) is 1.33. The maximum Gasteiger partial charge on any atom is 0.354 e. The average Bonchev–Trinajstić information content (AvgIpc) is 2.28. The Balaban J connectivity index is 2.56. The third kappa shape index (κ3) is 2.36. The normalized spacial score (nSPS) is 10.2. The minimum absolute atomic E-state index is 0.0247. The van der Waals surface area contributed by atoms with Crippen LogP contribution in [-0.4, -0.2) is 21.0 Å². The number of benzene rings is 1. The number of rotatable bonds is 2. The monoisotopic (exact) mass is 233 g/mol. The second-order valence-electron chi connectivity index (χ2n) is 3.32. The van der Waals surface area contributed by atoms with Gasteiger partial charge in [0.25, 0.3) is 0 Å². The number of aromatic carboxylic acids is 1. The van der Waals surface area contributed by atoms with Crippen LogP contribution in [0.3, 0.4) is 0 Å². The van der Waals surface area contributed by atoms with Crippen LogP contribution in [0, 0.1) is 5.82 Å². The summed E-state index contributed by atoms with van der Waals surface area (Å²) in [7, 11) is 0. The Bertz CT molecular complexity index is 587. The van der Waals surface area contributed by atoms with Gasteiger partial charge in [0, 0.05) is 11.6 Å². The molecular formula is C11H8FN3O2. The molecule has 0 amide bonds. The van der Waals surface area contributed by atoms with Crippen LogP contribution in [0.1, 0.15) is 10.5 Å². The van der Waals surface area contributed by atoms with E-state index >= 15 is 0 Å². The SMILES string of the molecule is Nc1cc(C(=O)O)nc(-c2cccc(F)c2)n1. The van der Waals surface area contributed by atoms with E-state index in [1.165, 1.54) is 18.2 Å². The van der Waals surface area contributed by atoms with Crippen molar-refractivity contribution in [2.75, 3.05) is 5.73 Å². The van der Waals surface area contributed by atoms with Crippen molar-refractivity contribution in [3.05, 3.63) is 41.8 Å². The number of halogens is 1. The Hall–Kier alpha value is -2.50. The van der Waals surface area contributed by atoms with E-state index in [1.807, 2.05) is 0 Å². The molecule has 1 heterocycles. The molecule has 0 fully saturated rings. The van der Waals surface area contributed by atoms with E-state index in [0.717, 1.165) is 6.07 Å². The van der Waals surface area contributed by atoms with Crippen molar-refractivity contribution >= 4 is 11.8 Å². The van der Waals surface area contributed by atoms with E-state index in [4.69, 9.17) is 10.8 Å². The van der Waals surface area contributed by atoms with Crippen LogP contribution in [0.25, 0.3) is 11.4 Å². The van der Waals surface area contributed by atoms with Gasteiger partial charge in [-0.05, 0) is 12.1 Å². The van der Waals surface area contributed by atoms with Gasteiger partial charge in [-0.2, -0.15) is 0 Å². The van der Waals surface area contributed by atoms with Crippen LogP contribution in [0.4, 0.5) is 10.2 Å². The molecule has 86 valence electrons. The van der Waals surface area contributed by atoms with Crippen molar-refractivity contribution in [2.45, 2.75) is 0 Å². The first-order valence-electron chi connectivity index (χ1n) is 4.70. The maximum absolute atomic E-state index is 13.0. The predicted molar refractivity (Wildman–Crippen MR) is 58.8 cm³/mol. The second kappa shape index (κ2) is 4.17. The molecular weight excluding hydrogens is 225 g/mol. The van der Waals surface area contributed by atoms with Gasteiger partial charge in [0.1, 0.15) is 11.6 Å². The van der Waals surface area contributed by atoms with Gasteiger partial charge in [-0.3, -0.25) is 0 Å². The van der Waals surface area contributed by atoms with Gasteiger partial charge in [0.15, 0.2) is 11.5 Å². The number of carbonyl (C=O) groups is 1. The summed E-state index contributed by atoms with van der Waals surface area (Å²) in [6, 6.07) is 6.68. The highest BCUT2D eigenvalue weighted by Gasteiger charge is 2.10. The molecule has 0 bridgehead atoms. The smallest absolute Gasteiger partial charge is 0.354 e. The van der Waals surface area contributed by atoms with Crippen LogP contribution < -0.4 is 5.73 Å². The lowest BCUT2D eigenvalue weighted by molar-refractivity contribution is 0.0690. The number of carboxylic acid groups (broad SMARTS) is 1. The Labute approximate surface area is 95.8 Å². The van der Waals surface area contributed by atoms with Gasteiger partial charge < -0.3 is 10.8 Å². The fraction of sp³-hybridized carbons (Fsp3) is 0. The minimum atomic E-state index is -1.21. The molecule has 0 spiro atoms. The summed E-state index contributed by atoms with van der Waals surface area (Å²) in [5, 5.41) is 8.82. The highest BCUT2D eigenvalue weighted by molar-refractivity contribution is 5.86. The molecule has 0 saturated carbocycles. The first-order valence-corrected chi connectivity index (χ1v) is 4.70. The number of hydrogen-bond acceptors (Lipinski definition) is 4. The number of aromatic nitrogens is 2. The van der Waals surface area contributed by atoms with Crippen molar-refractivity contribution in [3.8, 4) is 11.4 Å². The highest BCUT2D eigenvalue weighted by Crippen LogP contribution is 2.17. The fourth-order valence-corrected chi connectivity index (χ4v) is 1.33. The van der Waals surface area contributed by atoms with Crippen LogP contribution in [0.5, 0.6) is 0 Å². The summed E-state index contributed by atoms with van der Waals surface area (Å²) in [6.07, 6.45) is 0. The van der Waals surface area contributed by atoms with E-state index < -0.39 is 11.8 Å². The largest absolute Gasteiger partial charge is 0.477 e. The Morgan fingerprint density at radius 1 is 1.29 bits per heavy atom. The van der Waals surface area contributed by atoms with Gasteiger partial charge in [-0.15, -0.1) is 0 Å². The van der Waals surface area contributed by atoms with Gasteiger partial charge in [0.05, 0.1) is 0 Å². The van der Waals surface area contributed by atoms with Crippen LogP contribution >= 0.6 is 0 Å². The zero-order valence-electron chi connectivity index (χ0n) is 8.59. The first kappa shape index (κ1) is 11.0. The lowest BCUT2D eigenvalue weighted by Crippen LogP contribution is -2.05. The molecule has 2 rings (SSSR count). The second-order valence-corrected chi connectivity index (χ2v) is 3.32. The summed E-state index contributed by atoms with van der Waals surface area (Å²) in [5.74, 6) is -1.55. The molecule has 0 aliphatic carbocycles. The number of nitrogens with two attached hydrogens (primary N) is 1. The predicted octanol–water partition coefficient (Wildman–Crippen LogP) is 1.56. The Kier molecular flexibility index (Phi) is 2.70. The molecule has 0 unspecified atom stereocenters. The summed E-state index contributed by atoms with van der Waals surface area (Å²) in [4.78, 5) is 18.4. The van der Waals surface area contributed by atoms with Gasteiger partial charge >= 0.3 is 5.97 Å². The van der Waals surface area contributed by atoms with E-state index in [2.05, 4.69) is 9.97 Å². The minimum Gasteiger partial charge on any atom is -0.477 e. The number of nitrogens with zero attached hydrogens (tertiary/aromatic N) is 2. The molecule has 1 aromatic carbocycles. The highest BCUT2D eigenvalue weighted by atomic mass is 19.1. The van der Waals surface area contributed by atoms with E-state index in [0.29, 0.717) is 5.56 Å². The molecule has 6 heteroatoms. The van der Waals surface area contributed by atoms with Gasteiger partial charge in [-0.25, -0.2) is 19.2 Å². The third-order valence-electron chi connectivity index (χ3n) is 2.05. The van der Waals surface area contributed by atoms with Crippen LogP contribution in [0.2, 0.25) is 0 Å². The third-order valence-corrected chi connectivity index (χ3v) is 2.05. The van der Waals surface area contributed by atoms with E-state index in [-0.39, 0.29) is 17.3 Å². The Morgan fingerprint density at radius 3 is 2.71 bits per heavy atom. The summed E-state index contributed by atoms with van der Waals surface area (Å²) < 4.78 is 13.0. The van der Waals surface area contributed by atoms with Crippen molar-refractivity contribution < 1.29 is 14.3 Å². The van der Waals surface area contributed by atoms with Crippen molar-refractivity contribution in [2.24, 2.45) is 0 Å². The van der Waals surface area contributed by atoms with Gasteiger partial charge in [0.2, 0.25) is 0 Å². The molecule has 3 N–H and O–H groups in total. The summed E-state index contributed by atoms with van der Waals surface area (Å²) in [6.45, 7) is 0. The number of carboxylic acids is 1. The number of anilines is 1.